The van der Waals surface area contributed by atoms with Gasteiger partial charge in [0.15, 0.2) is 5.75 Å². The Labute approximate surface area is 146 Å². The number of nitrogens with zero attached hydrogens (tertiary/aromatic N) is 2. The summed E-state index contributed by atoms with van der Waals surface area (Å²) in [5, 5.41) is 0. The lowest BCUT2D eigenvalue weighted by Gasteiger charge is -2.28. The highest BCUT2D eigenvalue weighted by Gasteiger charge is 2.29. The Morgan fingerprint density at radius 2 is 2.04 bits per heavy atom. The van der Waals surface area contributed by atoms with Crippen LogP contribution in [0.25, 0.3) is 11.0 Å². The highest BCUT2D eigenvalue weighted by molar-refractivity contribution is 6.01. The van der Waals surface area contributed by atoms with E-state index < -0.39 is 0 Å². The molecule has 3 aromatic rings. The van der Waals surface area contributed by atoms with E-state index >= 15 is 0 Å². The quantitative estimate of drug-likeness (QED) is 0.778. The van der Waals surface area contributed by atoms with Gasteiger partial charge >= 0.3 is 0 Å². The summed E-state index contributed by atoms with van der Waals surface area (Å²) in [5.74, 6) is 1.55. The smallest absolute Gasteiger partial charge is 0.253 e. The van der Waals surface area contributed by atoms with Gasteiger partial charge < -0.3 is 14.6 Å². The Bertz CT molecular complexity index is 944. The SMILES string of the molecule is Cc1nc2c3c(c(C(=O)N(C)C)cc2[nH]1)CC[C@@H](c1ccccc1)O3. The predicted octanol–water partition coefficient (Wildman–Crippen LogP) is 3.64. The first-order valence-electron chi connectivity index (χ1n) is 8.50. The number of fused-ring (bicyclic) bond motifs is 3. The number of H-pyrrole nitrogens is 1. The molecule has 0 unspecified atom stereocenters. The van der Waals surface area contributed by atoms with Crippen molar-refractivity contribution < 1.29 is 9.53 Å². The number of aromatic nitrogens is 2. The van der Waals surface area contributed by atoms with E-state index in [2.05, 4.69) is 22.1 Å². The normalized spacial score (nSPS) is 16.4. The molecule has 0 saturated carbocycles. The molecule has 0 aliphatic carbocycles. The van der Waals surface area contributed by atoms with Crippen LogP contribution in [-0.2, 0) is 6.42 Å². The van der Waals surface area contributed by atoms with Crippen molar-refractivity contribution in [3.05, 3.63) is 58.9 Å². The number of rotatable bonds is 2. The zero-order chi connectivity index (χ0) is 17.6. The number of benzene rings is 2. The molecule has 0 saturated heterocycles. The lowest BCUT2D eigenvalue weighted by Crippen LogP contribution is -2.25. The van der Waals surface area contributed by atoms with Crippen LogP contribution in [0.1, 0.15) is 39.8 Å². The van der Waals surface area contributed by atoms with Gasteiger partial charge in [0.2, 0.25) is 0 Å². The third-order valence-corrected chi connectivity index (χ3v) is 4.68. The zero-order valence-corrected chi connectivity index (χ0v) is 14.7. The molecule has 4 rings (SSSR count). The average molecular weight is 335 g/mol. The maximum absolute atomic E-state index is 12.7. The maximum Gasteiger partial charge on any atom is 0.253 e. The number of aryl methyl sites for hydroxylation is 1. The summed E-state index contributed by atoms with van der Waals surface area (Å²) in [5.41, 5.74) is 4.46. The Morgan fingerprint density at radius 3 is 2.76 bits per heavy atom. The highest BCUT2D eigenvalue weighted by atomic mass is 16.5. The van der Waals surface area contributed by atoms with E-state index in [1.807, 2.05) is 31.2 Å². The van der Waals surface area contributed by atoms with Crippen LogP contribution >= 0.6 is 0 Å². The summed E-state index contributed by atoms with van der Waals surface area (Å²) in [7, 11) is 3.54. The predicted molar refractivity (Wildman–Crippen MR) is 97.0 cm³/mol. The van der Waals surface area contributed by atoms with Crippen molar-refractivity contribution in [1.82, 2.24) is 14.9 Å². The van der Waals surface area contributed by atoms with Gasteiger partial charge in [0, 0.05) is 25.2 Å². The second-order valence-electron chi connectivity index (χ2n) is 6.71. The van der Waals surface area contributed by atoms with Crippen molar-refractivity contribution in [3.63, 3.8) is 0 Å². The molecule has 1 aliphatic rings. The molecular formula is C20H21N3O2. The largest absolute Gasteiger partial charge is 0.483 e. The molecule has 5 nitrogen and oxygen atoms in total. The fourth-order valence-corrected chi connectivity index (χ4v) is 3.47. The van der Waals surface area contributed by atoms with Gasteiger partial charge in [-0.05, 0) is 31.4 Å². The molecule has 128 valence electrons. The average Bonchev–Trinajstić information content (AvgIpc) is 3.01. The Balaban J connectivity index is 1.86. The molecule has 1 N–H and O–H groups in total. The Hall–Kier alpha value is -2.82. The molecule has 25 heavy (non-hydrogen) atoms. The number of hydrogen-bond acceptors (Lipinski definition) is 3. The van der Waals surface area contributed by atoms with Crippen LogP contribution in [0.4, 0.5) is 0 Å². The van der Waals surface area contributed by atoms with E-state index in [4.69, 9.17) is 4.74 Å². The summed E-state index contributed by atoms with van der Waals surface area (Å²) in [6.45, 7) is 1.91. The minimum absolute atomic E-state index is 0.00726. The van der Waals surface area contributed by atoms with Crippen molar-refractivity contribution in [2.24, 2.45) is 0 Å². The van der Waals surface area contributed by atoms with Crippen LogP contribution in [0, 0.1) is 6.92 Å². The Kier molecular flexibility index (Phi) is 3.71. The van der Waals surface area contributed by atoms with E-state index in [0.29, 0.717) is 5.56 Å². The Morgan fingerprint density at radius 1 is 1.28 bits per heavy atom. The van der Waals surface area contributed by atoms with Gasteiger partial charge in [0.25, 0.3) is 5.91 Å². The number of nitrogens with one attached hydrogen (secondary N) is 1. The van der Waals surface area contributed by atoms with Crippen LogP contribution in [0.2, 0.25) is 0 Å². The summed E-state index contributed by atoms with van der Waals surface area (Å²) >= 11 is 0. The highest BCUT2D eigenvalue weighted by Crippen LogP contribution is 2.41. The molecule has 2 heterocycles. The second kappa shape index (κ2) is 5.92. The number of hydrogen-bond donors (Lipinski definition) is 1. The monoisotopic (exact) mass is 335 g/mol. The number of amides is 1. The zero-order valence-electron chi connectivity index (χ0n) is 14.7. The van der Waals surface area contributed by atoms with Gasteiger partial charge in [-0.3, -0.25) is 4.79 Å². The lowest BCUT2D eigenvalue weighted by atomic mass is 9.93. The third kappa shape index (κ3) is 2.65. The van der Waals surface area contributed by atoms with Gasteiger partial charge in [-0.25, -0.2) is 4.98 Å². The molecule has 0 spiro atoms. The summed E-state index contributed by atoms with van der Waals surface area (Å²) < 4.78 is 6.36. The molecule has 1 atom stereocenters. The van der Waals surface area contributed by atoms with E-state index in [1.165, 1.54) is 0 Å². The molecule has 5 heteroatoms. The van der Waals surface area contributed by atoms with Gasteiger partial charge in [-0.1, -0.05) is 30.3 Å². The van der Waals surface area contributed by atoms with Crippen LogP contribution < -0.4 is 4.74 Å². The summed E-state index contributed by atoms with van der Waals surface area (Å²) in [6.07, 6.45) is 1.63. The van der Waals surface area contributed by atoms with Crippen molar-refractivity contribution in [2.45, 2.75) is 25.9 Å². The molecule has 1 aliphatic heterocycles. The first kappa shape index (κ1) is 15.7. The van der Waals surface area contributed by atoms with E-state index in [0.717, 1.165) is 46.6 Å². The minimum atomic E-state index is -0.0152. The van der Waals surface area contributed by atoms with Crippen molar-refractivity contribution in [2.75, 3.05) is 14.1 Å². The number of carbonyl (C=O) groups is 1. The molecule has 0 radical (unpaired) electrons. The van der Waals surface area contributed by atoms with Gasteiger partial charge in [0.05, 0.1) is 5.52 Å². The van der Waals surface area contributed by atoms with Crippen molar-refractivity contribution in [1.29, 1.82) is 0 Å². The first-order valence-corrected chi connectivity index (χ1v) is 8.50. The maximum atomic E-state index is 12.7. The van der Waals surface area contributed by atoms with E-state index in [1.54, 1.807) is 19.0 Å². The first-order chi connectivity index (χ1) is 12.0. The number of carbonyl (C=O) groups excluding carboxylic acids is 1. The second-order valence-corrected chi connectivity index (χ2v) is 6.71. The van der Waals surface area contributed by atoms with Gasteiger partial charge in [0.1, 0.15) is 17.4 Å². The molecule has 2 aromatic carbocycles. The third-order valence-electron chi connectivity index (χ3n) is 4.68. The number of imidazole rings is 1. The van der Waals surface area contributed by atoms with E-state index in [9.17, 15) is 4.79 Å². The molecule has 1 aromatic heterocycles. The lowest BCUT2D eigenvalue weighted by molar-refractivity contribution is 0.0823. The minimum Gasteiger partial charge on any atom is -0.483 e. The van der Waals surface area contributed by atoms with Crippen molar-refractivity contribution in [3.8, 4) is 5.75 Å². The van der Waals surface area contributed by atoms with Gasteiger partial charge in [-0.2, -0.15) is 0 Å². The van der Waals surface area contributed by atoms with E-state index in [-0.39, 0.29) is 12.0 Å². The summed E-state index contributed by atoms with van der Waals surface area (Å²) in [4.78, 5) is 22.1. The number of aromatic amines is 1. The van der Waals surface area contributed by atoms with Gasteiger partial charge in [-0.15, -0.1) is 0 Å². The fourth-order valence-electron chi connectivity index (χ4n) is 3.47. The summed E-state index contributed by atoms with van der Waals surface area (Å²) in [6, 6.07) is 12.1. The van der Waals surface area contributed by atoms with Crippen LogP contribution in [0.5, 0.6) is 5.75 Å². The van der Waals surface area contributed by atoms with Crippen molar-refractivity contribution >= 4 is 16.9 Å². The standard InChI is InChI=1S/C20H21N3O2/c1-12-21-16-11-15(20(24)23(2)3)14-9-10-17(13-7-5-4-6-8-13)25-19(14)18(16)22-12/h4-8,11,17H,9-10H2,1-3H3,(H,21,22)/t17-/m0/s1. The van der Waals surface area contributed by atoms with Crippen LogP contribution in [0.3, 0.4) is 0 Å². The molecular weight excluding hydrogens is 314 g/mol. The van der Waals surface area contributed by atoms with Crippen LogP contribution in [0.15, 0.2) is 36.4 Å². The molecule has 0 bridgehead atoms. The molecule has 0 fully saturated rings. The topological polar surface area (TPSA) is 58.2 Å². The molecule has 1 amide bonds. The number of ether oxygens (including phenoxy) is 1. The fraction of sp³-hybridized carbons (Fsp3) is 0.300. The van der Waals surface area contributed by atoms with Crippen LogP contribution in [-0.4, -0.2) is 34.9 Å².